The highest BCUT2D eigenvalue weighted by atomic mass is 31.2. The maximum atomic E-state index is 12.9. The summed E-state index contributed by atoms with van der Waals surface area (Å²) in [5, 5.41) is 0. The summed E-state index contributed by atoms with van der Waals surface area (Å²) in [6.45, 7) is 4.02. The molecule has 0 aliphatic carbocycles. The van der Waals surface area contributed by atoms with Gasteiger partial charge in [0.2, 0.25) is 0 Å². The minimum absolute atomic E-state index is 0.0369. The molecule has 0 N–H and O–H groups in total. The summed E-state index contributed by atoms with van der Waals surface area (Å²) in [5.74, 6) is -0.837. The van der Waals surface area contributed by atoms with Gasteiger partial charge in [0.15, 0.2) is 6.10 Å². The van der Waals surface area contributed by atoms with E-state index in [1.54, 1.807) is 0 Å². The first-order valence-electron chi connectivity index (χ1n) is 35.5. The minimum atomic E-state index is -4.65. The average molecular weight is 1240 g/mol. The Morgan fingerprint density at radius 2 is 0.614 bits per heavy atom. The summed E-state index contributed by atoms with van der Waals surface area (Å²) in [4.78, 5) is 38.1. The van der Waals surface area contributed by atoms with Crippen molar-refractivity contribution in [2.75, 3.05) is 47.5 Å². The van der Waals surface area contributed by atoms with E-state index in [4.69, 9.17) is 18.5 Å². The highest BCUT2D eigenvalue weighted by Crippen LogP contribution is 2.38. The van der Waals surface area contributed by atoms with Crippen LogP contribution in [-0.4, -0.2) is 70.0 Å². The predicted octanol–water partition coefficient (Wildman–Crippen LogP) is 22.7. The average Bonchev–Trinajstić information content (AvgIpc) is 3.56. The largest absolute Gasteiger partial charge is 0.756 e. The molecule has 0 rings (SSSR count). The Labute approximate surface area is 542 Å². The van der Waals surface area contributed by atoms with E-state index in [-0.39, 0.29) is 32.0 Å². The van der Waals surface area contributed by atoms with Crippen molar-refractivity contribution in [2.45, 2.75) is 290 Å². The number of phosphoric ester groups is 1. The highest BCUT2D eigenvalue weighted by molar-refractivity contribution is 7.45. The number of nitrogens with zero attached hydrogens (tertiary/aromatic N) is 1. The molecule has 2 unspecified atom stereocenters. The number of ether oxygens (including phenoxy) is 2. The normalized spacial score (nSPS) is 14.0. The molecule has 0 saturated carbocycles. The Bertz CT molecular complexity index is 2000. The zero-order valence-electron chi connectivity index (χ0n) is 57.1. The van der Waals surface area contributed by atoms with Crippen molar-refractivity contribution in [3.8, 4) is 0 Å². The van der Waals surface area contributed by atoms with Crippen molar-refractivity contribution in [1.82, 2.24) is 0 Å². The van der Waals surface area contributed by atoms with Crippen molar-refractivity contribution in [3.05, 3.63) is 146 Å². The standard InChI is InChI=1S/C78H132NO8P/c1-6-8-10-12-14-16-18-20-22-24-26-28-30-32-34-36-38-39-41-43-45-47-49-51-53-55-57-59-61-63-65-67-69-71-78(81)87-76(75-86-88(82,83)85-73-72-79(3,4)5)74-84-77(80)70-68-66-64-62-60-58-56-54-52-50-48-46-44-42-40-37-35-33-31-29-27-25-23-21-19-17-15-13-11-9-7-2/h8-11,14-17,20-23,26-29,32-35,38-40,42,76H,6-7,12-13,18-19,24-25,30-31,36-37,41,43-75H2,1-5H3/b10-8-,11-9-,16-14-,17-15-,22-20-,23-21-,28-26-,29-27-,34-32-,35-33-,39-38-,42-40-. The molecule has 0 amide bonds. The van der Waals surface area contributed by atoms with Gasteiger partial charge in [-0.25, -0.2) is 0 Å². The van der Waals surface area contributed by atoms with Crippen LogP contribution in [0.25, 0.3) is 0 Å². The summed E-state index contributed by atoms with van der Waals surface area (Å²) in [5.41, 5.74) is 0. The molecule has 502 valence electrons. The number of esters is 2. The number of hydrogen-bond donors (Lipinski definition) is 0. The van der Waals surface area contributed by atoms with Crippen molar-refractivity contribution < 1.29 is 42.1 Å². The summed E-state index contributed by atoms with van der Waals surface area (Å²) in [6.07, 6.45) is 99.2. The van der Waals surface area contributed by atoms with Crippen LogP contribution in [0.15, 0.2) is 146 Å². The Balaban J connectivity index is 4.08. The molecule has 9 nitrogen and oxygen atoms in total. The third kappa shape index (κ3) is 71.0. The van der Waals surface area contributed by atoms with Gasteiger partial charge in [-0.3, -0.25) is 14.2 Å². The van der Waals surface area contributed by atoms with Crippen LogP contribution in [0.1, 0.15) is 284 Å². The van der Waals surface area contributed by atoms with Gasteiger partial charge < -0.3 is 27.9 Å². The molecule has 0 aromatic rings. The predicted molar refractivity (Wildman–Crippen MR) is 378 cm³/mol. The van der Waals surface area contributed by atoms with Crippen molar-refractivity contribution in [2.24, 2.45) is 0 Å². The molecule has 0 heterocycles. The maximum absolute atomic E-state index is 12.9. The van der Waals surface area contributed by atoms with E-state index in [0.29, 0.717) is 17.4 Å². The molecule has 0 spiro atoms. The molecule has 10 heteroatoms. The van der Waals surface area contributed by atoms with E-state index in [9.17, 15) is 19.0 Å². The van der Waals surface area contributed by atoms with E-state index < -0.39 is 26.5 Å². The zero-order valence-corrected chi connectivity index (χ0v) is 58.0. The monoisotopic (exact) mass is 1240 g/mol. The molecule has 2 atom stereocenters. The summed E-state index contributed by atoms with van der Waals surface area (Å²) in [6, 6.07) is 0. The fourth-order valence-electron chi connectivity index (χ4n) is 9.49. The van der Waals surface area contributed by atoms with Gasteiger partial charge in [-0.1, -0.05) is 301 Å². The van der Waals surface area contributed by atoms with Crippen LogP contribution in [0.2, 0.25) is 0 Å². The first-order chi connectivity index (χ1) is 43.0. The number of carbonyl (C=O) groups is 2. The Morgan fingerprint density at radius 3 is 0.909 bits per heavy atom. The Morgan fingerprint density at radius 1 is 0.352 bits per heavy atom. The molecule has 88 heavy (non-hydrogen) atoms. The molecular formula is C78H132NO8P. The van der Waals surface area contributed by atoms with Crippen LogP contribution in [0.4, 0.5) is 0 Å². The number of allylic oxidation sites excluding steroid dienone is 24. The van der Waals surface area contributed by atoms with Gasteiger partial charge in [-0.15, -0.1) is 0 Å². The van der Waals surface area contributed by atoms with Gasteiger partial charge in [-0.05, 0) is 116 Å². The summed E-state index contributed by atoms with van der Waals surface area (Å²) >= 11 is 0. The Hall–Kier alpha value is -4.11. The molecule has 0 bridgehead atoms. The second kappa shape index (κ2) is 67.3. The molecule has 0 aliphatic heterocycles. The lowest BCUT2D eigenvalue weighted by Gasteiger charge is -2.28. The van der Waals surface area contributed by atoms with Crippen molar-refractivity contribution >= 4 is 19.8 Å². The van der Waals surface area contributed by atoms with E-state index in [1.165, 1.54) is 128 Å². The van der Waals surface area contributed by atoms with Gasteiger partial charge in [0.1, 0.15) is 19.8 Å². The van der Waals surface area contributed by atoms with Crippen LogP contribution in [0.5, 0.6) is 0 Å². The maximum Gasteiger partial charge on any atom is 0.306 e. The molecular weight excluding hydrogens is 1110 g/mol. The van der Waals surface area contributed by atoms with Crippen LogP contribution in [0, 0.1) is 0 Å². The number of rotatable bonds is 64. The van der Waals surface area contributed by atoms with Crippen LogP contribution in [-0.2, 0) is 32.7 Å². The van der Waals surface area contributed by atoms with E-state index >= 15 is 0 Å². The van der Waals surface area contributed by atoms with Crippen molar-refractivity contribution in [3.63, 3.8) is 0 Å². The molecule has 0 radical (unpaired) electrons. The summed E-state index contributed by atoms with van der Waals surface area (Å²) < 4.78 is 34.3. The molecule has 0 saturated heterocycles. The molecule has 0 aliphatic rings. The topological polar surface area (TPSA) is 111 Å². The number of likely N-dealkylation sites (N-methyl/N-ethyl adjacent to an activating group) is 1. The second-order valence-electron chi connectivity index (χ2n) is 24.5. The zero-order chi connectivity index (χ0) is 64.1. The van der Waals surface area contributed by atoms with Crippen molar-refractivity contribution in [1.29, 1.82) is 0 Å². The number of unbranched alkanes of at least 4 members (excludes halogenated alkanes) is 26. The lowest BCUT2D eigenvalue weighted by molar-refractivity contribution is -0.870. The number of phosphoric acid groups is 1. The fourth-order valence-corrected chi connectivity index (χ4v) is 10.2. The van der Waals surface area contributed by atoms with E-state index in [1.807, 2.05) is 21.1 Å². The third-order valence-corrected chi connectivity index (χ3v) is 15.8. The fraction of sp³-hybridized carbons (Fsp3) is 0.667. The smallest absolute Gasteiger partial charge is 0.306 e. The number of quaternary nitrogens is 1. The molecule has 0 fully saturated rings. The second-order valence-corrected chi connectivity index (χ2v) is 25.9. The lowest BCUT2D eigenvalue weighted by Crippen LogP contribution is -2.37. The van der Waals surface area contributed by atoms with Crippen LogP contribution >= 0.6 is 7.82 Å². The van der Waals surface area contributed by atoms with Crippen LogP contribution < -0.4 is 4.89 Å². The first-order valence-corrected chi connectivity index (χ1v) is 37.0. The van der Waals surface area contributed by atoms with Gasteiger partial charge in [0.25, 0.3) is 7.82 Å². The number of carbonyl (C=O) groups excluding carboxylic acids is 2. The quantitative estimate of drug-likeness (QED) is 0.0195. The van der Waals surface area contributed by atoms with Crippen LogP contribution in [0.3, 0.4) is 0 Å². The van der Waals surface area contributed by atoms with Gasteiger partial charge in [-0.2, -0.15) is 0 Å². The highest BCUT2D eigenvalue weighted by Gasteiger charge is 2.22. The summed E-state index contributed by atoms with van der Waals surface area (Å²) in [7, 11) is 1.16. The lowest BCUT2D eigenvalue weighted by atomic mass is 10.0. The van der Waals surface area contributed by atoms with Gasteiger partial charge in [0.05, 0.1) is 27.7 Å². The minimum Gasteiger partial charge on any atom is -0.756 e. The van der Waals surface area contributed by atoms with Gasteiger partial charge in [0, 0.05) is 12.8 Å². The van der Waals surface area contributed by atoms with E-state index in [2.05, 4.69) is 160 Å². The molecule has 0 aromatic carbocycles. The van der Waals surface area contributed by atoms with Gasteiger partial charge >= 0.3 is 11.9 Å². The SMILES string of the molecule is CC/C=C\C/C=C\C/C=C\C/C=C\C/C=C\C/C=C\CCCCCCCCCCCCCCCCC(=O)OC(COC(=O)CCCCCCCCCCCCCC/C=C\C/C=C\C/C=C\C/C=C\C/C=C\C/C=C\CC)COP(=O)([O-])OCC[N+](C)(C)C. The third-order valence-electron chi connectivity index (χ3n) is 14.9. The first kappa shape index (κ1) is 83.9. The molecule has 0 aromatic heterocycles. The van der Waals surface area contributed by atoms with E-state index in [0.717, 1.165) is 122 Å². The number of hydrogen-bond acceptors (Lipinski definition) is 8. The Kier molecular flexibility index (Phi) is 64.1.